The van der Waals surface area contributed by atoms with Crippen LogP contribution in [0.4, 0.5) is 4.79 Å². The quantitative estimate of drug-likeness (QED) is 0.636. The monoisotopic (exact) mass is 262 g/mol. The lowest BCUT2D eigenvalue weighted by Crippen LogP contribution is -2.55. The fourth-order valence-electron chi connectivity index (χ4n) is 1.32. The molecule has 0 aliphatic rings. The Hall–Kier alpha value is -1.34. The topological polar surface area (TPSA) is 111 Å². The molecule has 106 valence electrons. The molecule has 18 heavy (non-hydrogen) atoms. The average molecular weight is 262 g/mol. The highest BCUT2D eigenvalue weighted by Crippen LogP contribution is 2.09. The first-order valence-corrected chi connectivity index (χ1v) is 5.54. The maximum atomic E-state index is 11.4. The Morgan fingerprint density at radius 2 is 1.89 bits per heavy atom. The second kappa shape index (κ2) is 6.55. The van der Waals surface area contributed by atoms with Gasteiger partial charge in [0.05, 0.1) is 18.6 Å². The van der Waals surface area contributed by atoms with Crippen LogP contribution >= 0.6 is 0 Å². The predicted molar refractivity (Wildman–Crippen MR) is 65.3 cm³/mol. The molecule has 0 heterocycles. The summed E-state index contributed by atoms with van der Waals surface area (Å²) in [6.07, 6.45) is -0.949. The molecular weight excluding hydrogens is 240 g/mol. The zero-order valence-corrected chi connectivity index (χ0v) is 11.3. The second-order valence-corrected chi connectivity index (χ2v) is 5.22. The number of hydrogen-bond acceptors (Lipinski definition) is 5. The molecule has 0 fully saturated rings. The molecule has 0 aliphatic heterocycles. The highest BCUT2D eigenvalue weighted by atomic mass is 16.6. The van der Waals surface area contributed by atoms with Gasteiger partial charge in [-0.15, -0.1) is 0 Å². The molecule has 0 radical (unpaired) electrons. The van der Waals surface area contributed by atoms with Crippen molar-refractivity contribution in [2.75, 3.05) is 20.3 Å². The third-order valence-corrected chi connectivity index (χ3v) is 1.92. The molecule has 0 aromatic carbocycles. The molecule has 0 aromatic rings. The third-order valence-electron chi connectivity index (χ3n) is 1.92. The van der Waals surface area contributed by atoms with Crippen molar-refractivity contribution in [2.45, 2.75) is 38.3 Å². The Kier molecular flexibility index (Phi) is 6.07. The zero-order valence-electron chi connectivity index (χ0n) is 11.3. The SMILES string of the molecule is COCC(N)(CNC(=O)OC(C)(C)C)CC(=O)O. The first-order valence-electron chi connectivity index (χ1n) is 5.54. The number of rotatable bonds is 6. The Bertz CT molecular complexity index is 300. The number of hydrogen-bond donors (Lipinski definition) is 3. The maximum Gasteiger partial charge on any atom is 0.407 e. The smallest absolute Gasteiger partial charge is 0.407 e. The summed E-state index contributed by atoms with van der Waals surface area (Å²) < 4.78 is 9.88. The van der Waals surface area contributed by atoms with Crippen LogP contribution in [0.15, 0.2) is 0 Å². The van der Waals surface area contributed by atoms with Crippen LogP contribution in [0.25, 0.3) is 0 Å². The summed E-state index contributed by atoms with van der Waals surface area (Å²) in [6, 6.07) is 0. The van der Waals surface area contributed by atoms with Crippen LogP contribution in [0.5, 0.6) is 0 Å². The van der Waals surface area contributed by atoms with Gasteiger partial charge in [-0.3, -0.25) is 4.79 Å². The molecule has 0 aromatic heterocycles. The van der Waals surface area contributed by atoms with Gasteiger partial charge in [-0.1, -0.05) is 0 Å². The molecule has 1 unspecified atom stereocenters. The van der Waals surface area contributed by atoms with E-state index in [1.54, 1.807) is 20.8 Å². The molecule has 0 saturated carbocycles. The Labute approximate surface area is 107 Å². The number of nitrogens with two attached hydrogens (primary N) is 1. The maximum absolute atomic E-state index is 11.4. The van der Waals surface area contributed by atoms with Crippen molar-refractivity contribution in [2.24, 2.45) is 5.73 Å². The second-order valence-electron chi connectivity index (χ2n) is 5.22. The number of nitrogens with one attached hydrogen (secondary N) is 1. The highest BCUT2D eigenvalue weighted by molar-refractivity contribution is 5.70. The Balaban J connectivity index is 4.35. The van der Waals surface area contributed by atoms with E-state index in [1.807, 2.05) is 0 Å². The van der Waals surface area contributed by atoms with Gasteiger partial charge in [0, 0.05) is 13.7 Å². The summed E-state index contributed by atoms with van der Waals surface area (Å²) in [5.41, 5.74) is 4.07. The summed E-state index contributed by atoms with van der Waals surface area (Å²) >= 11 is 0. The van der Waals surface area contributed by atoms with Gasteiger partial charge in [0.15, 0.2) is 0 Å². The summed E-state index contributed by atoms with van der Waals surface area (Å²) in [4.78, 5) is 22.1. The van der Waals surface area contributed by atoms with E-state index < -0.39 is 23.2 Å². The van der Waals surface area contributed by atoms with E-state index in [2.05, 4.69) is 5.32 Å². The van der Waals surface area contributed by atoms with Gasteiger partial charge in [-0.25, -0.2) is 4.79 Å². The van der Waals surface area contributed by atoms with Crippen LogP contribution in [0.1, 0.15) is 27.2 Å². The fourth-order valence-corrected chi connectivity index (χ4v) is 1.32. The molecule has 0 spiro atoms. The molecule has 7 heteroatoms. The number of aliphatic carboxylic acids is 1. The minimum absolute atomic E-state index is 0.0229. The van der Waals surface area contributed by atoms with Gasteiger partial charge >= 0.3 is 12.1 Å². The van der Waals surface area contributed by atoms with Crippen LogP contribution in [0.2, 0.25) is 0 Å². The minimum Gasteiger partial charge on any atom is -0.481 e. The van der Waals surface area contributed by atoms with E-state index in [-0.39, 0.29) is 19.6 Å². The zero-order chi connectivity index (χ0) is 14.4. The molecule has 0 rings (SSSR count). The van der Waals surface area contributed by atoms with Gasteiger partial charge < -0.3 is 25.6 Å². The van der Waals surface area contributed by atoms with Crippen molar-refractivity contribution in [1.82, 2.24) is 5.32 Å². The fraction of sp³-hybridized carbons (Fsp3) is 0.818. The van der Waals surface area contributed by atoms with E-state index in [0.29, 0.717) is 0 Å². The summed E-state index contributed by atoms with van der Waals surface area (Å²) in [6.45, 7) is 5.18. The first kappa shape index (κ1) is 16.7. The third kappa shape index (κ3) is 7.86. The lowest BCUT2D eigenvalue weighted by molar-refractivity contribution is -0.138. The van der Waals surface area contributed by atoms with Crippen molar-refractivity contribution in [3.8, 4) is 0 Å². The van der Waals surface area contributed by atoms with E-state index in [9.17, 15) is 9.59 Å². The van der Waals surface area contributed by atoms with Crippen molar-refractivity contribution in [1.29, 1.82) is 0 Å². The van der Waals surface area contributed by atoms with Crippen molar-refractivity contribution < 1.29 is 24.2 Å². The number of carboxylic acids is 1. The normalized spacial score (nSPS) is 14.7. The minimum atomic E-state index is -1.16. The molecule has 0 aliphatic carbocycles. The molecule has 4 N–H and O–H groups in total. The number of carbonyl (C=O) groups excluding carboxylic acids is 1. The van der Waals surface area contributed by atoms with Crippen LogP contribution in [0, 0.1) is 0 Å². The summed E-state index contributed by atoms with van der Waals surface area (Å²) in [5.74, 6) is -1.06. The van der Waals surface area contributed by atoms with E-state index in [0.717, 1.165) is 0 Å². The number of methoxy groups -OCH3 is 1. The van der Waals surface area contributed by atoms with Crippen LogP contribution in [-0.2, 0) is 14.3 Å². The van der Waals surface area contributed by atoms with Gasteiger partial charge in [-0.2, -0.15) is 0 Å². The van der Waals surface area contributed by atoms with E-state index >= 15 is 0 Å². The molecular formula is C11H22N2O5. The van der Waals surface area contributed by atoms with Gasteiger partial charge in [-0.05, 0) is 20.8 Å². The lowest BCUT2D eigenvalue weighted by Gasteiger charge is -2.28. The van der Waals surface area contributed by atoms with Crippen molar-refractivity contribution in [3.05, 3.63) is 0 Å². The van der Waals surface area contributed by atoms with Crippen LogP contribution in [-0.4, -0.2) is 48.6 Å². The molecule has 1 atom stereocenters. The van der Waals surface area contributed by atoms with Crippen molar-refractivity contribution in [3.63, 3.8) is 0 Å². The molecule has 0 saturated heterocycles. The van der Waals surface area contributed by atoms with E-state index in [4.69, 9.17) is 20.3 Å². The van der Waals surface area contributed by atoms with Crippen LogP contribution < -0.4 is 11.1 Å². The van der Waals surface area contributed by atoms with E-state index in [1.165, 1.54) is 7.11 Å². The number of carboxylic acid groups (broad SMARTS) is 1. The largest absolute Gasteiger partial charge is 0.481 e. The lowest BCUT2D eigenvalue weighted by atomic mass is 9.98. The highest BCUT2D eigenvalue weighted by Gasteiger charge is 2.29. The number of carbonyl (C=O) groups is 2. The van der Waals surface area contributed by atoms with Crippen molar-refractivity contribution >= 4 is 12.1 Å². The standard InChI is InChI=1S/C11H22N2O5/c1-10(2,3)18-9(16)13-6-11(12,7-17-4)5-8(14)15/h5-7,12H2,1-4H3,(H,13,16)(H,14,15). The number of alkyl carbamates (subject to hydrolysis) is 1. The Morgan fingerprint density at radius 3 is 2.28 bits per heavy atom. The number of ether oxygens (including phenoxy) is 2. The first-order chi connectivity index (χ1) is 8.08. The summed E-state index contributed by atoms with van der Waals surface area (Å²) in [5, 5.41) is 11.2. The van der Waals surface area contributed by atoms with Gasteiger partial charge in [0.2, 0.25) is 0 Å². The molecule has 0 bridgehead atoms. The van der Waals surface area contributed by atoms with Crippen LogP contribution in [0.3, 0.4) is 0 Å². The molecule has 7 nitrogen and oxygen atoms in total. The number of amides is 1. The average Bonchev–Trinajstić information content (AvgIpc) is 2.11. The summed E-state index contributed by atoms with van der Waals surface area (Å²) in [7, 11) is 1.41. The van der Waals surface area contributed by atoms with Gasteiger partial charge in [0.1, 0.15) is 5.60 Å². The molecule has 1 amide bonds. The van der Waals surface area contributed by atoms with Gasteiger partial charge in [0.25, 0.3) is 0 Å². The predicted octanol–water partition coefficient (Wildman–Crippen LogP) is 0.330. The Morgan fingerprint density at radius 1 is 1.33 bits per heavy atom.